The molecule has 8 nitrogen and oxygen atoms in total. The molecule has 0 aliphatic rings. The Kier molecular flexibility index (Phi) is 7.64. The number of halogens is 4. The van der Waals surface area contributed by atoms with Crippen molar-refractivity contribution in [3.63, 3.8) is 0 Å². The quantitative estimate of drug-likeness (QED) is 0.200. The Balaban J connectivity index is 1.55. The fourth-order valence-electron chi connectivity index (χ4n) is 3.39. The third-order valence-electron chi connectivity index (χ3n) is 5.19. The number of methoxy groups -OCH3 is 1. The number of ether oxygens (including phenoxy) is 1. The number of aryl methyl sites for hydroxylation is 1. The number of hydrogen-bond acceptors (Lipinski definition) is 8. The first-order valence-electron chi connectivity index (χ1n) is 10.6. The Morgan fingerprint density at radius 2 is 1.95 bits per heavy atom. The molecule has 38 heavy (non-hydrogen) atoms. The molecule has 2 aromatic carbocycles. The highest BCUT2D eigenvalue weighted by molar-refractivity contribution is 7.92. The van der Waals surface area contributed by atoms with Crippen molar-refractivity contribution in [2.24, 2.45) is 4.99 Å². The Morgan fingerprint density at radius 3 is 2.61 bits per heavy atom. The summed E-state index contributed by atoms with van der Waals surface area (Å²) in [7, 11) is -2.91. The molecule has 0 bridgehead atoms. The molecule has 0 saturated carbocycles. The molecule has 0 fully saturated rings. The third-order valence-corrected chi connectivity index (χ3v) is 7.48. The molecule has 2 N–H and O–H groups in total. The number of hydrogen-bond donors (Lipinski definition) is 2. The number of para-hydroxylation sites is 1. The van der Waals surface area contributed by atoms with Gasteiger partial charge in [0.05, 0.1) is 24.6 Å². The smallest absolute Gasteiger partial charge is 0.281 e. The maximum absolute atomic E-state index is 14.5. The maximum Gasteiger partial charge on any atom is 0.281 e. The van der Waals surface area contributed by atoms with Crippen LogP contribution in [0.1, 0.15) is 23.1 Å². The minimum atomic E-state index is -4.32. The van der Waals surface area contributed by atoms with Gasteiger partial charge in [0, 0.05) is 17.3 Å². The number of aliphatic imine (C=N–C) groups is 1. The van der Waals surface area contributed by atoms with Gasteiger partial charge in [-0.25, -0.2) is 23.1 Å². The summed E-state index contributed by atoms with van der Waals surface area (Å²) in [6.07, 6.45) is -0.498. The van der Waals surface area contributed by atoms with Crippen LogP contribution in [0.15, 0.2) is 58.7 Å². The van der Waals surface area contributed by atoms with E-state index in [1.807, 2.05) is 0 Å². The van der Waals surface area contributed by atoms with Gasteiger partial charge in [-0.15, -0.1) is 0 Å². The average Bonchev–Trinajstić information content (AvgIpc) is 3.21. The van der Waals surface area contributed by atoms with Gasteiger partial charge in [0.15, 0.2) is 21.7 Å². The van der Waals surface area contributed by atoms with Gasteiger partial charge in [0.1, 0.15) is 11.5 Å². The highest BCUT2D eigenvalue weighted by Crippen LogP contribution is 2.33. The van der Waals surface area contributed by atoms with Crippen molar-refractivity contribution in [2.45, 2.75) is 18.4 Å². The van der Waals surface area contributed by atoms with Crippen LogP contribution in [0.25, 0.3) is 11.3 Å². The fraction of sp³-hybridized carbons (Fsp3) is 0.125. The minimum absolute atomic E-state index is 0.116. The molecule has 0 radical (unpaired) electrons. The van der Waals surface area contributed by atoms with Crippen molar-refractivity contribution in [3.8, 4) is 22.8 Å². The Bertz CT molecular complexity index is 1640. The number of pyridine rings is 1. The van der Waals surface area contributed by atoms with Crippen molar-refractivity contribution in [2.75, 3.05) is 11.8 Å². The highest BCUT2D eigenvalue weighted by Gasteiger charge is 2.23. The van der Waals surface area contributed by atoms with E-state index >= 15 is 0 Å². The van der Waals surface area contributed by atoms with E-state index in [9.17, 15) is 31.1 Å². The molecule has 0 atom stereocenters. The van der Waals surface area contributed by atoms with E-state index in [2.05, 4.69) is 19.7 Å². The summed E-state index contributed by atoms with van der Waals surface area (Å²) >= 11 is 0.342. The van der Waals surface area contributed by atoms with Crippen LogP contribution in [0.4, 0.5) is 28.4 Å². The molecule has 0 unspecified atom stereocenters. The molecular formula is C24H18F4N4O4S2. The number of aromatic hydroxyl groups is 1. The van der Waals surface area contributed by atoms with Gasteiger partial charge in [0.25, 0.3) is 16.4 Å². The van der Waals surface area contributed by atoms with Gasteiger partial charge in [0.2, 0.25) is 5.13 Å². The summed E-state index contributed by atoms with van der Waals surface area (Å²) in [5.41, 5.74) is -0.512. The summed E-state index contributed by atoms with van der Waals surface area (Å²) in [4.78, 5) is 12.0. The predicted molar refractivity (Wildman–Crippen MR) is 134 cm³/mol. The molecule has 14 heteroatoms. The lowest BCUT2D eigenvalue weighted by Crippen LogP contribution is -2.15. The minimum Gasteiger partial charge on any atom is -0.504 e. The second-order valence-corrected chi connectivity index (χ2v) is 10.3. The van der Waals surface area contributed by atoms with E-state index in [1.165, 1.54) is 32.5 Å². The first-order valence-corrected chi connectivity index (χ1v) is 12.9. The summed E-state index contributed by atoms with van der Waals surface area (Å²) < 4.78 is 87.0. The standard InChI is InChI=1S/C24H18F4N4O4S2/c1-12-8-15(29-10-14-4-3-5-18(36-2)20(14)33)11-30-23(12)38(34,35)32-24-31-19(22(28)37-24)13-6-7-16(21(26)27)17(25)9-13/h3-11,21,33H,1-2H3,(H,31,32). The number of rotatable bonds is 8. The summed E-state index contributed by atoms with van der Waals surface area (Å²) in [6, 6.07) is 8.86. The lowest BCUT2D eigenvalue weighted by atomic mass is 10.1. The van der Waals surface area contributed by atoms with Gasteiger partial charge in [-0.2, -0.15) is 12.8 Å². The van der Waals surface area contributed by atoms with Crippen LogP contribution < -0.4 is 9.46 Å². The van der Waals surface area contributed by atoms with E-state index in [-0.39, 0.29) is 32.8 Å². The molecule has 198 valence electrons. The zero-order chi connectivity index (χ0) is 27.6. The van der Waals surface area contributed by atoms with Crippen LogP contribution in [0, 0.1) is 17.9 Å². The molecule has 0 saturated heterocycles. The van der Waals surface area contributed by atoms with Crippen LogP contribution in [0.3, 0.4) is 0 Å². The van der Waals surface area contributed by atoms with Gasteiger partial charge >= 0.3 is 0 Å². The van der Waals surface area contributed by atoms with Gasteiger partial charge in [-0.3, -0.25) is 9.71 Å². The SMILES string of the molecule is COc1cccc(C=Nc2cnc(S(=O)(=O)Nc3nc(-c4ccc(C(F)F)c(F)c4)c(F)s3)c(C)c2)c1O. The van der Waals surface area contributed by atoms with Crippen LogP contribution in [0.2, 0.25) is 0 Å². The predicted octanol–water partition coefficient (Wildman–Crippen LogP) is 5.99. The first-order chi connectivity index (χ1) is 18.0. The molecule has 2 aromatic heterocycles. The number of benzene rings is 2. The number of alkyl halides is 2. The van der Waals surface area contributed by atoms with Crippen molar-refractivity contribution >= 4 is 38.4 Å². The van der Waals surface area contributed by atoms with E-state index in [4.69, 9.17) is 4.74 Å². The van der Waals surface area contributed by atoms with Crippen LogP contribution in [-0.2, 0) is 10.0 Å². The number of phenols is 1. The Hall–Kier alpha value is -4.04. The zero-order valence-electron chi connectivity index (χ0n) is 19.6. The summed E-state index contributed by atoms with van der Waals surface area (Å²) in [5, 5.41) is 8.47. The zero-order valence-corrected chi connectivity index (χ0v) is 21.2. The number of phenolic OH excluding ortho intramolecular Hbond substituents is 1. The number of aromatic nitrogens is 2. The Labute approximate surface area is 218 Å². The highest BCUT2D eigenvalue weighted by atomic mass is 32.2. The van der Waals surface area contributed by atoms with E-state index in [0.29, 0.717) is 28.7 Å². The van der Waals surface area contributed by atoms with Gasteiger partial charge < -0.3 is 9.84 Å². The van der Waals surface area contributed by atoms with E-state index < -0.39 is 38.7 Å². The van der Waals surface area contributed by atoms with Crippen molar-refractivity contribution in [1.29, 1.82) is 0 Å². The molecule has 4 aromatic rings. The second kappa shape index (κ2) is 10.8. The number of sulfonamides is 1. The molecular weight excluding hydrogens is 548 g/mol. The first kappa shape index (κ1) is 27.0. The topological polar surface area (TPSA) is 114 Å². The average molecular weight is 567 g/mol. The molecule has 4 rings (SSSR count). The van der Waals surface area contributed by atoms with Crippen LogP contribution in [0.5, 0.6) is 11.5 Å². The largest absolute Gasteiger partial charge is 0.504 e. The van der Waals surface area contributed by atoms with Crippen LogP contribution >= 0.6 is 11.3 Å². The van der Waals surface area contributed by atoms with Gasteiger partial charge in [-0.05, 0) is 42.8 Å². The van der Waals surface area contributed by atoms with E-state index in [0.717, 1.165) is 12.1 Å². The molecule has 2 heterocycles. The molecule has 0 spiro atoms. The number of nitrogens with zero attached hydrogens (tertiary/aromatic N) is 3. The van der Waals surface area contributed by atoms with Crippen molar-refractivity contribution in [1.82, 2.24) is 9.97 Å². The molecule has 0 aliphatic heterocycles. The third kappa shape index (κ3) is 5.60. The van der Waals surface area contributed by atoms with Crippen molar-refractivity contribution < 1.29 is 35.8 Å². The summed E-state index contributed by atoms with van der Waals surface area (Å²) in [5.74, 6) is -1.10. The lowest BCUT2D eigenvalue weighted by Gasteiger charge is -2.08. The van der Waals surface area contributed by atoms with Gasteiger partial charge in [-0.1, -0.05) is 23.5 Å². The molecule has 0 amide bonds. The van der Waals surface area contributed by atoms with Crippen molar-refractivity contribution in [3.05, 3.63) is 76.3 Å². The normalized spacial score (nSPS) is 11.9. The number of thiazole rings is 1. The van der Waals surface area contributed by atoms with Crippen LogP contribution in [-0.4, -0.2) is 36.8 Å². The monoisotopic (exact) mass is 566 g/mol. The number of nitrogens with one attached hydrogen (secondary N) is 1. The number of anilines is 1. The Morgan fingerprint density at radius 1 is 1.18 bits per heavy atom. The lowest BCUT2D eigenvalue weighted by molar-refractivity contribution is 0.146. The summed E-state index contributed by atoms with van der Waals surface area (Å²) in [6.45, 7) is 1.48. The van der Waals surface area contributed by atoms with E-state index in [1.54, 1.807) is 18.2 Å². The molecule has 0 aliphatic carbocycles. The fourth-order valence-corrected chi connectivity index (χ4v) is 5.50. The maximum atomic E-state index is 14.5. The second-order valence-electron chi connectivity index (χ2n) is 7.76.